The zero-order valence-corrected chi connectivity index (χ0v) is 8.96. The molecule has 7 nitrogen and oxygen atoms in total. The summed E-state index contributed by atoms with van der Waals surface area (Å²) in [5.41, 5.74) is 0.433. The summed E-state index contributed by atoms with van der Waals surface area (Å²) in [6, 6.07) is 1.60. The minimum Gasteiger partial charge on any atom is -0.350 e. The minimum atomic E-state index is -0.439. The molecule has 0 aromatic carbocycles. The van der Waals surface area contributed by atoms with Crippen LogP contribution in [0.3, 0.4) is 0 Å². The monoisotopic (exact) mass is 233 g/mol. The number of nitrogens with one attached hydrogen (secondary N) is 2. The van der Waals surface area contributed by atoms with Crippen molar-refractivity contribution in [2.45, 2.75) is 13.1 Å². The van der Waals surface area contributed by atoms with E-state index in [1.54, 1.807) is 18.5 Å². The lowest BCUT2D eigenvalue weighted by molar-refractivity contribution is -0.121. The normalized spacial score (nSPS) is 10.1. The molecule has 2 aromatic heterocycles. The molecular weight excluding hydrogens is 222 g/mol. The lowest BCUT2D eigenvalue weighted by atomic mass is 10.3. The average molecular weight is 233 g/mol. The first-order chi connectivity index (χ1) is 8.25. The van der Waals surface area contributed by atoms with Gasteiger partial charge in [-0.2, -0.15) is 5.10 Å². The molecule has 88 valence electrons. The van der Waals surface area contributed by atoms with Crippen LogP contribution in [0.2, 0.25) is 0 Å². The summed E-state index contributed by atoms with van der Waals surface area (Å²) in [5.74, 6) is -0.249. The van der Waals surface area contributed by atoms with Crippen molar-refractivity contribution in [1.82, 2.24) is 25.1 Å². The zero-order valence-electron chi connectivity index (χ0n) is 8.96. The Labute approximate surface area is 96.5 Å². The molecule has 0 aliphatic rings. The standard InChI is InChI=1S/C10H11N5O2/c16-9(12-4-8-5-13-14-6-8)7-15-3-1-2-11-10(15)17/h1-3,5-6H,4,7H2,(H,12,16)(H,13,14). The van der Waals surface area contributed by atoms with Gasteiger partial charge in [-0.25, -0.2) is 9.78 Å². The highest BCUT2D eigenvalue weighted by molar-refractivity contribution is 5.75. The van der Waals surface area contributed by atoms with E-state index in [0.29, 0.717) is 6.54 Å². The van der Waals surface area contributed by atoms with Gasteiger partial charge in [0.2, 0.25) is 5.91 Å². The van der Waals surface area contributed by atoms with Crippen molar-refractivity contribution >= 4 is 5.91 Å². The zero-order chi connectivity index (χ0) is 12.1. The summed E-state index contributed by atoms with van der Waals surface area (Å²) in [6.07, 6.45) is 6.22. The molecule has 2 heterocycles. The summed E-state index contributed by atoms with van der Waals surface area (Å²) in [6.45, 7) is 0.342. The number of rotatable bonds is 4. The van der Waals surface area contributed by atoms with E-state index in [2.05, 4.69) is 20.5 Å². The number of aromatic nitrogens is 4. The van der Waals surface area contributed by atoms with E-state index in [-0.39, 0.29) is 12.5 Å². The average Bonchev–Trinajstić information content (AvgIpc) is 2.82. The Balaban J connectivity index is 1.90. The third-order valence-corrected chi connectivity index (χ3v) is 2.14. The van der Waals surface area contributed by atoms with Crippen LogP contribution in [0, 0.1) is 0 Å². The van der Waals surface area contributed by atoms with Crippen molar-refractivity contribution in [2.75, 3.05) is 0 Å². The van der Waals surface area contributed by atoms with Crippen molar-refractivity contribution in [2.24, 2.45) is 0 Å². The Bertz CT molecular complexity index is 546. The van der Waals surface area contributed by atoms with Gasteiger partial charge in [0.15, 0.2) is 0 Å². The molecule has 7 heteroatoms. The van der Waals surface area contributed by atoms with Gasteiger partial charge in [-0.15, -0.1) is 0 Å². The Hall–Kier alpha value is -2.44. The predicted octanol–water partition coefficient (Wildman–Crippen LogP) is -0.717. The Morgan fingerprint density at radius 3 is 3.12 bits per heavy atom. The number of aromatic amines is 1. The van der Waals surface area contributed by atoms with Crippen LogP contribution in [0.4, 0.5) is 0 Å². The van der Waals surface area contributed by atoms with Gasteiger partial charge in [0, 0.05) is 30.7 Å². The number of hydrogen-bond acceptors (Lipinski definition) is 4. The molecule has 17 heavy (non-hydrogen) atoms. The summed E-state index contributed by atoms with van der Waals surface area (Å²) in [5, 5.41) is 9.08. The Kier molecular flexibility index (Phi) is 3.29. The van der Waals surface area contributed by atoms with E-state index >= 15 is 0 Å². The van der Waals surface area contributed by atoms with E-state index in [1.807, 2.05) is 0 Å². The molecule has 0 aliphatic carbocycles. The first-order valence-corrected chi connectivity index (χ1v) is 5.01. The molecular formula is C10H11N5O2. The third kappa shape index (κ3) is 3.00. The smallest absolute Gasteiger partial charge is 0.347 e. The van der Waals surface area contributed by atoms with Crippen LogP contribution in [0.1, 0.15) is 5.56 Å². The van der Waals surface area contributed by atoms with Gasteiger partial charge in [0.05, 0.1) is 6.20 Å². The van der Waals surface area contributed by atoms with E-state index in [0.717, 1.165) is 5.56 Å². The highest BCUT2D eigenvalue weighted by Crippen LogP contribution is 1.92. The largest absolute Gasteiger partial charge is 0.350 e. The van der Waals surface area contributed by atoms with Gasteiger partial charge in [0.25, 0.3) is 0 Å². The highest BCUT2D eigenvalue weighted by atomic mass is 16.2. The van der Waals surface area contributed by atoms with Gasteiger partial charge in [-0.1, -0.05) is 0 Å². The highest BCUT2D eigenvalue weighted by Gasteiger charge is 2.04. The van der Waals surface area contributed by atoms with Crippen LogP contribution < -0.4 is 11.0 Å². The van der Waals surface area contributed by atoms with Crippen LogP contribution >= 0.6 is 0 Å². The number of carbonyl (C=O) groups excluding carboxylic acids is 1. The molecule has 0 aliphatic heterocycles. The van der Waals surface area contributed by atoms with E-state index in [1.165, 1.54) is 17.0 Å². The predicted molar refractivity (Wildman–Crippen MR) is 58.9 cm³/mol. The second-order valence-corrected chi connectivity index (χ2v) is 3.41. The SMILES string of the molecule is O=C(Cn1cccnc1=O)NCc1cn[nH]c1. The Morgan fingerprint density at radius 1 is 1.53 bits per heavy atom. The number of H-pyrrole nitrogens is 1. The van der Waals surface area contributed by atoms with Crippen molar-refractivity contribution < 1.29 is 4.79 Å². The second kappa shape index (κ2) is 5.06. The van der Waals surface area contributed by atoms with Gasteiger partial charge < -0.3 is 5.32 Å². The van der Waals surface area contributed by atoms with Crippen molar-refractivity contribution in [3.05, 3.63) is 46.9 Å². The first-order valence-electron chi connectivity index (χ1n) is 5.01. The molecule has 2 rings (SSSR count). The molecule has 1 amide bonds. The number of nitrogens with zero attached hydrogens (tertiary/aromatic N) is 3. The molecule has 0 spiro atoms. The topological polar surface area (TPSA) is 92.7 Å². The molecule has 0 radical (unpaired) electrons. The van der Waals surface area contributed by atoms with Crippen molar-refractivity contribution in [1.29, 1.82) is 0 Å². The molecule has 0 fully saturated rings. The van der Waals surface area contributed by atoms with Gasteiger partial charge in [0.1, 0.15) is 6.54 Å². The van der Waals surface area contributed by atoms with Gasteiger partial charge >= 0.3 is 5.69 Å². The van der Waals surface area contributed by atoms with Gasteiger partial charge in [-0.05, 0) is 6.07 Å². The lowest BCUT2D eigenvalue weighted by Crippen LogP contribution is -2.32. The van der Waals surface area contributed by atoms with Crippen LogP contribution in [0.25, 0.3) is 0 Å². The fraction of sp³-hybridized carbons (Fsp3) is 0.200. The lowest BCUT2D eigenvalue weighted by Gasteiger charge is -2.05. The van der Waals surface area contributed by atoms with Crippen LogP contribution in [-0.4, -0.2) is 25.7 Å². The van der Waals surface area contributed by atoms with Crippen molar-refractivity contribution in [3.63, 3.8) is 0 Å². The van der Waals surface area contributed by atoms with E-state index in [9.17, 15) is 9.59 Å². The fourth-order valence-corrected chi connectivity index (χ4v) is 1.29. The summed E-state index contributed by atoms with van der Waals surface area (Å²) in [7, 11) is 0. The molecule has 0 saturated heterocycles. The molecule has 2 aromatic rings. The van der Waals surface area contributed by atoms with Crippen molar-refractivity contribution in [3.8, 4) is 0 Å². The maximum Gasteiger partial charge on any atom is 0.347 e. The second-order valence-electron chi connectivity index (χ2n) is 3.41. The molecule has 0 unspecified atom stereocenters. The number of hydrogen-bond donors (Lipinski definition) is 2. The third-order valence-electron chi connectivity index (χ3n) is 2.14. The minimum absolute atomic E-state index is 0.0372. The molecule has 2 N–H and O–H groups in total. The molecule has 0 saturated carbocycles. The quantitative estimate of drug-likeness (QED) is 0.729. The van der Waals surface area contributed by atoms with Crippen LogP contribution in [0.15, 0.2) is 35.6 Å². The first kappa shape index (κ1) is 11.1. The van der Waals surface area contributed by atoms with E-state index in [4.69, 9.17) is 0 Å². The summed E-state index contributed by atoms with van der Waals surface area (Å²) >= 11 is 0. The fourth-order valence-electron chi connectivity index (χ4n) is 1.29. The molecule has 0 bridgehead atoms. The Morgan fingerprint density at radius 2 is 2.41 bits per heavy atom. The van der Waals surface area contributed by atoms with E-state index < -0.39 is 5.69 Å². The number of amides is 1. The van der Waals surface area contributed by atoms with Gasteiger partial charge in [-0.3, -0.25) is 14.5 Å². The van der Waals surface area contributed by atoms with Crippen LogP contribution in [0.5, 0.6) is 0 Å². The number of carbonyl (C=O) groups is 1. The maximum absolute atomic E-state index is 11.5. The van der Waals surface area contributed by atoms with Crippen LogP contribution in [-0.2, 0) is 17.9 Å². The molecule has 0 atom stereocenters. The summed E-state index contributed by atoms with van der Waals surface area (Å²) < 4.78 is 1.24. The summed E-state index contributed by atoms with van der Waals surface area (Å²) in [4.78, 5) is 26.3. The maximum atomic E-state index is 11.5.